The lowest BCUT2D eigenvalue weighted by atomic mass is 10.1. The molecule has 3 N–H and O–H groups in total. The maximum Gasteiger partial charge on any atom is 0.251 e. The lowest BCUT2D eigenvalue weighted by Crippen LogP contribution is -2.43. The molecule has 6 nitrogen and oxygen atoms in total. The van der Waals surface area contributed by atoms with Crippen LogP contribution in [0.1, 0.15) is 10.4 Å². The first-order chi connectivity index (χ1) is 9.24. The summed E-state index contributed by atoms with van der Waals surface area (Å²) in [7, 11) is 1.57. The normalized spacial score (nSPS) is 14.8. The van der Waals surface area contributed by atoms with E-state index in [9.17, 15) is 4.79 Å². The smallest absolute Gasteiger partial charge is 0.251 e. The zero-order valence-electron chi connectivity index (χ0n) is 10.8. The lowest BCUT2D eigenvalue weighted by Gasteiger charge is -2.20. The van der Waals surface area contributed by atoms with Crippen molar-refractivity contribution in [3.05, 3.63) is 23.8 Å². The number of ether oxygens (including phenoxy) is 3. The van der Waals surface area contributed by atoms with Crippen molar-refractivity contribution < 1.29 is 19.0 Å². The summed E-state index contributed by atoms with van der Waals surface area (Å²) in [4.78, 5) is 12.1. The van der Waals surface area contributed by atoms with Gasteiger partial charge in [-0.2, -0.15) is 0 Å². The minimum atomic E-state index is -0.204. The third-order valence-electron chi connectivity index (χ3n) is 2.79. The van der Waals surface area contributed by atoms with Gasteiger partial charge < -0.3 is 25.3 Å². The van der Waals surface area contributed by atoms with Gasteiger partial charge in [0.15, 0.2) is 11.5 Å². The van der Waals surface area contributed by atoms with Gasteiger partial charge in [0.2, 0.25) is 0 Å². The molecule has 1 aliphatic heterocycles. The minimum absolute atomic E-state index is 0.203. The van der Waals surface area contributed by atoms with E-state index in [2.05, 4.69) is 5.32 Å². The highest BCUT2D eigenvalue weighted by Crippen LogP contribution is 2.30. The topological polar surface area (TPSA) is 82.8 Å². The Morgan fingerprint density at radius 3 is 2.84 bits per heavy atom. The van der Waals surface area contributed by atoms with Crippen LogP contribution in [0.25, 0.3) is 0 Å². The quantitative estimate of drug-likeness (QED) is 0.793. The van der Waals surface area contributed by atoms with Crippen LogP contribution in [-0.2, 0) is 4.74 Å². The van der Waals surface area contributed by atoms with Crippen LogP contribution >= 0.6 is 0 Å². The summed E-state index contributed by atoms with van der Waals surface area (Å²) in [6, 6.07) is 4.90. The zero-order chi connectivity index (χ0) is 13.7. The minimum Gasteiger partial charge on any atom is -0.486 e. The second-order valence-electron chi connectivity index (χ2n) is 4.22. The number of fused-ring (bicyclic) bond motifs is 1. The summed E-state index contributed by atoms with van der Waals surface area (Å²) in [6.45, 7) is 1.73. The number of nitrogens with two attached hydrogens (primary N) is 1. The molecule has 0 saturated carbocycles. The lowest BCUT2D eigenvalue weighted by molar-refractivity contribution is 0.0899. The molecule has 1 unspecified atom stereocenters. The van der Waals surface area contributed by atoms with E-state index >= 15 is 0 Å². The molecule has 1 aliphatic rings. The highest BCUT2D eigenvalue weighted by Gasteiger charge is 2.16. The first-order valence-corrected chi connectivity index (χ1v) is 6.14. The van der Waals surface area contributed by atoms with E-state index in [0.717, 1.165) is 0 Å². The van der Waals surface area contributed by atoms with Crippen molar-refractivity contribution in [3.63, 3.8) is 0 Å². The number of nitrogens with one attached hydrogen (secondary N) is 1. The van der Waals surface area contributed by atoms with E-state index in [0.29, 0.717) is 43.4 Å². The predicted molar refractivity (Wildman–Crippen MR) is 69.6 cm³/mol. The number of amides is 1. The van der Waals surface area contributed by atoms with Gasteiger partial charge in [0, 0.05) is 19.2 Å². The molecule has 104 valence electrons. The second kappa shape index (κ2) is 6.40. The van der Waals surface area contributed by atoms with E-state index in [1.165, 1.54) is 0 Å². The van der Waals surface area contributed by atoms with Crippen molar-refractivity contribution in [2.75, 3.05) is 33.5 Å². The molecule has 1 atom stereocenters. The van der Waals surface area contributed by atoms with Gasteiger partial charge in [-0.05, 0) is 18.2 Å². The largest absolute Gasteiger partial charge is 0.486 e. The van der Waals surface area contributed by atoms with E-state index in [-0.39, 0.29) is 11.9 Å². The summed E-state index contributed by atoms with van der Waals surface area (Å²) >= 11 is 0. The zero-order valence-corrected chi connectivity index (χ0v) is 10.8. The molecule has 0 radical (unpaired) electrons. The van der Waals surface area contributed by atoms with E-state index < -0.39 is 0 Å². The number of hydrogen-bond donors (Lipinski definition) is 2. The Kier molecular flexibility index (Phi) is 4.59. The van der Waals surface area contributed by atoms with Crippen molar-refractivity contribution in [1.29, 1.82) is 0 Å². The van der Waals surface area contributed by atoms with Crippen LogP contribution in [0.5, 0.6) is 11.5 Å². The summed E-state index contributed by atoms with van der Waals surface area (Å²) < 4.78 is 15.8. The van der Waals surface area contributed by atoms with Gasteiger partial charge in [0.1, 0.15) is 13.2 Å². The number of carbonyl (C=O) groups is 1. The maximum absolute atomic E-state index is 12.1. The average Bonchev–Trinajstić information content (AvgIpc) is 2.46. The fraction of sp³-hybridized carbons (Fsp3) is 0.462. The third-order valence-corrected chi connectivity index (χ3v) is 2.79. The number of carbonyl (C=O) groups excluding carboxylic acids is 1. The van der Waals surface area contributed by atoms with Gasteiger partial charge in [0.05, 0.1) is 12.6 Å². The summed E-state index contributed by atoms with van der Waals surface area (Å²) in [5.41, 5.74) is 6.07. The molecule has 0 saturated heterocycles. The standard InChI is InChI=1S/C13H18N2O4/c1-17-8-10(7-14)15-13(16)9-2-3-11-12(6-9)19-5-4-18-11/h2-3,6,10H,4-5,7-8,14H2,1H3,(H,15,16). The van der Waals surface area contributed by atoms with Gasteiger partial charge in [-0.3, -0.25) is 4.79 Å². The molecule has 0 aromatic heterocycles. The van der Waals surface area contributed by atoms with Crippen LogP contribution in [0, 0.1) is 0 Å². The van der Waals surface area contributed by atoms with Crippen LogP contribution in [0.3, 0.4) is 0 Å². The summed E-state index contributed by atoms with van der Waals surface area (Å²) in [6.07, 6.45) is 0. The van der Waals surface area contributed by atoms with Crippen LogP contribution in [0.4, 0.5) is 0 Å². The fourth-order valence-corrected chi connectivity index (χ4v) is 1.82. The second-order valence-corrected chi connectivity index (χ2v) is 4.22. The Labute approximate surface area is 111 Å². The first kappa shape index (κ1) is 13.6. The van der Waals surface area contributed by atoms with Crippen molar-refractivity contribution >= 4 is 5.91 Å². The highest BCUT2D eigenvalue weighted by molar-refractivity contribution is 5.95. The van der Waals surface area contributed by atoms with Gasteiger partial charge in [-0.25, -0.2) is 0 Å². The van der Waals surface area contributed by atoms with E-state index in [1.54, 1.807) is 25.3 Å². The number of hydrogen-bond acceptors (Lipinski definition) is 5. The SMILES string of the molecule is COCC(CN)NC(=O)c1ccc2c(c1)OCCO2. The number of methoxy groups -OCH3 is 1. The molecule has 1 aromatic rings. The molecule has 6 heteroatoms. The summed E-state index contributed by atoms with van der Waals surface area (Å²) in [5.74, 6) is 1.05. The Bertz CT molecular complexity index is 450. The molecule has 1 amide bonds. The van der Waals surface area contributed by atoms with Crippen LogP contribution < -0.4 is 20.5 Å². The van der Waals surface area contributed by atoms with Crippen LogP contribution in [0.15, 0.2) is 18.2 Å². The van der Waals surface area contributed by atoms with Gasteiger partial charge >= 0.3 is 0 Å². The van der Waals surface area contributed by atoms with E-state index in [4.69, 9.17) is 19.9 Å². The highest BCUT2D eigenvalue weighted by atomic mass is 16.6. The van der Waals surface area contributed by atoms with Crippen LogP contribution in [0.2, 0.25) is 0 Å². The average molecular weight is 266 g/mol. The Morgan fingerprint density at radius 1 is 1.42 bits per heavy atom. The molecule has 2 rings (SSSR count). The monoisotopic (exact) mass is 266 g/mol. The van der Waals surface area contributed by atoms with Crippen molar-refractivity contribution in [1.82, 2.24) is 5.32 Å². The van der Waals surface area contributed by atoms with Crippen molar-refractivity contribution in [3.8, 4) is 11.5 Å². The summed E-state index contributed by atoms with van der Waals surface area (Å²) in [5, 5.41) is 2.81. The van der Waals surface area contributed by atoms with Gasteiger partial charge in [-0.1, -0.05) is 0 Å². The van der Waals surface area contributed by atoms with Crippen molar-refractivity contribution in [2.24, 2.45) is 5.73 Å². The predicted octanol–water partition coefficient (Wildman–Crippen LogP) is 0.161. The molecule has 19 heavy (non-hydrogen) atoms. The first-order valence-electron chi connectivity index (χ1n) is 6.14. The third kappa shape index (κ3) is 3.36. The molecule has 0 bridgehead atoms. The van der Waals surface area contributed by atoms with E-state index in [1.807, 2.05) is 0 Å². The van der Waals surface area contributed by atoms with Crippen LogP contribution in [-0.4, -0.2) is 45.4 Å². The van der Waals surface area contributed by atoms with Gasteiger partial charge in [-0.15, -0.1) is 0 Å². The Hall–Kier alpha value is -1.79. The molecule has 0 spiro atoms. The van der Waals surface area contributed by atoms with Crippen molar-refractivity contribution in [2.45, 2.75) is 6.04 Å². The molecule has 0 aliphatic carbocycles. The fourth-order valence-electron chi connectivity index (χ4n) is 1.82. The van der Waals surface area contributed by atoms with Gasteiger partial charge in [0.25, 0.3) is 5.91 Å². The Morgan fingerprint density at radius 2 is 2.16 bits per heavy atom. The number of rotatable bonds is 5. The molecular formula is C13H18N2O4. The Balaban J connectivity index is 2.06. The molecule has 1 aromatic carbocycles. The maximum atomic E-state index is 12.1. The molecule has 0 fully saturated rings. The molecule has 1 heterocycles. The number of benzene rings is 1. The molecular weight excluding hydrogens is 248 g/mol.